The van der Waals surface area contributed by atoms with Gasteiger partial charge in [0.05, 0.1) is 17.8 Å². The Morgan fingerprint density at radius 1 is 1.12 bits per heavy atom. The van der Waals surface area contributed by atoms with Gasteiger partial charge in [0.1, 0.15) is 5.52 Å². The Hall–Kier alpha value is -2.28. The van der Waals surface area contributed by atoms with Gasteiger partial charge in [-0.3, -0.25) is 9.78 Å². The van der Waals surface area contributed by atoms with E-state index < -0.39 is 0 Å². The first kappa shape index (κ1) is 17.1. The van der Waals surface area contributed by atoms with Gasteiger partial charge in [-0.1, -0.05) is 0 Å². The molecular formula is C19H26N6O. The number of nitrogens with zero attached hydrogens (tertiary/aromatic N) is 5. The fraction of sp³-hybridized carbons (Fsp3) is 0.579. The summed E-state index contributed by atoms with van der Waals surface area (Å²) in [4.78, 5) is 30.2. The molecule has 2 aromatic heterocycles. The number of aromatic nitrogens is 3. The van der Waals surface area contributed by atoms with Crippen LogP contribution in [0, 0.1) is 5.92 Å². The summed E-state index contributed by atoms with van der Waals surface area (Å²) in [6.45, 7) is 5.75. The average molecular weight is 354 g/mol. The van der Waals surface area contributed by atoms with Crippen molar-refractivity contribution in [1.82, 2.24) is 25.2 Å². The highest BCUT2D eigenvalue weighted by atomic mass is 16.1. The standard InChI is InChI=1S/C19H26N6O/c26-19(22-7-11-24-8-1-2-9-24)15-4-3-10-25(14-15)16-12-17-18(23-13-16)21-6-5-20-17/h5-6,12-13,15H,1-4,7-11,14H2,(H,22,26). The molecule has 138 valence electrons. The zero-order valence-electron chi connectivity index (χ0n) is 15.1. The van der Waals surface area contributed by atoms with Crippen LogP contribution < -0.4 is 10.2 Å². The molecule has 26 heavy (non-hydrogen) atoms. The van der Waals surface area contributed by atoms with Crippen LogP contribution in [0.5, 0.6) is 0 Å². The molecule has 2 saturated heterocycles. The normalized spacial score (nSPS) is 21.2. The average Bonchev–Trinajstić information content (AvgIpc) is 3.21. The predicted molar refractivity (Wildman–Crippen MR) is 101 cm³/mol. The van der Waals surface area contributed by atoms with Crippen LogP contribution in [0.4, 0.5) is 5.69 Å². The van der Waals surface area contributed by atoms with Crippen molar-refractivity contribution in [3.8, 4) is 0 Å². The molecule has 2 aliphatic rings. The monoisotopic (exact) mass is 354 g/mol. The molecule has 1 amide bonds. The number of hydrogen-bond acceptors (Lipinski definition) is 6. The first-order valence-corrected chi connectivity index (χ1v) is 9.61. The minimum Gasteiger partial charge on any atom is -0.369 e. The maximum atomic E-state index is 12.6. The first-order chi connectivity index (χ1) is 12.8. The third-order valence-corrected chi connectivity index (χ3v) is 5.39. The van der Waals surface area contributed by atoms with Gasteiger partial charge in [-0.05, 0) is 44.8 Å². The zero-order chi connectivity index (χ0) is 17.8. The van der Waals surface area contributed by atoms with Gasteiger partial charge in [0.2, 0.25) is 5.91 Å². The fourth-order valence-electron chi connectivity index (χ4n) is 3.93. The lowest BCUT2D eigenvalue weighted by Crippen LogP contribution is -2.44. The van der Waals surface area contributed by atoms with Crippen LogP contribution in [-0.4, -0.2) is 65.0 Å². The van der Waals surface area contributed by atoms with Gasteiger partial charge < -0.3 is 15.1 Å². The van der Waals surface area contributed by atoms with Crippen LogP contribution in [0.1, 0.15) is 25.7 Å². The van der Waals surface area contributed by atoms with E-state index in [9.17, 15) is 4.79 Å². The van der Waals surface area contributed by atoms with Gasteiger partial charge in [-0.15, -0.1) is 0 Å². The first-order valence-electron chi connectivity index (χ1n) is 9.61. The van der Waals surface area contributed by atoms with Crippen LogP contribution in [0.2, 0.25) is 0 Å². The van der Waals surface area contributed by atoms with E-state index in [1.54, 1.807) is 12.4 Å². The minimum atomic E-state index is 0.0416. The van der Waals surface area contributed by atoms with Crippen LogP contribution in [-0.2, 0) is 4.79 Å². The van der Waals surface area contributed by atoms with E-state index in [4.69, 9.17) is 0 Å². The van der Waals surface area contributed by atoms with Crippen molar-refractivity contribution in [2.45, 2.75) is 25.7 Å². The van der Waals surface area contributed by atoms with E-state index in [1.807, 2.05) is 12.3 Å². The quantitative estimate of drug-likeness (QED) is 0.876. The van der Waals surface area contributed by atoms with Gasteiger partial charge in [-0.2, -0.15) is 0 Å². The van der Waals surface area contributed by atoms with E-state index in [1.165, 1.54) is 25.9 Å². The molecule has 1 N–H and O–H groups in total. The molecule has 4 heterocycles. The van der Waals surface area contributed by atoms with E-state index in [0.29, 0.717) is 5.65 Å². The zero-order valence-corrected chi connectivity index (χ0v) is 15.1. The Labute approximate surface area is 153 Å². The summed E-state index contributed by atoms with van der Waals surface area (Å²) < 4.78 is 0. The SMILES string of the molecule is O=C(NCCN1CCCC1)C1CCCN(c2cnc3nccnc3c2)C1. The molecule has 0 spiro atoms. The third-order valence-electron chi connectivity index (χ3n) is 5.39. The summed E-state index contributed by atoms with van der Waals surface area (Å²) >= 11 is 0. The highest BCUT2D eigenvalue weighted by Crippen LogP contribution is 2.24. The van der Waals surface area contributed by atoms with E-state index in [2.05, 4.69) is 30.1 Å². The smallest absolute Gasteiger partial charge is 0.224 e. The van der Waals surface area contributed by atoms with Crippen molar-refractivity contribution >= 4 is 22.8 Å². The number of fused-ring (bicyclic) bond motifs is 1. The summed E-state index contributed by atoms with van der Waals surface area (Å²) in [5, 5.41) is 3.14. The van der Waals surface area contributed by atoms with Crippen molar-refractivity contribution in [3.63, 3.8) is 0 Å². The summed E-state index contributed by atoms with van der Waals surface area (Å²) in [7, 11) is 0. The second kappa shape index (κ2) is 7.95. The summed E-state index contributed by atoms with van der Waals surface area (Å²) in [5.41, 5.74) is 2.47. The molecule has 2 aromatic rings. The number of carbonyl (C=O) groups is 1. The topological polar surface area (TPSA) is 74.2 Å². The minimum absolute atomic E-state index is 0.0416. The number of piperidine rings is 1. The Bertz CT molecular complexity index is 761. The van der Waals surface area contributed by atoms with Crippen molar-refractivity contribution in [2.24, 2.45) is 5.92 Å². The number of amides is 1. The maximum Gasteiger partial charge on any atom is 0.224 e. The molecule has 4 rings (SSSR count). The number of hydrogen-bond donors (Lipinski definition) is 1. The van der Waals surface area contributed by atoms with Crippen LogP contribution in [0.25, 0.3) is 11.2 Å². The van der Waals surface area contributed by atoms with Crippen molar-refractivity contribution in [1.29, 1.82) is 0 Å². The number of carbonyl (C=O) groups excluding carboxylic acids is 1. The highest BCUT2D eigenvalue weighted by molar-refractivity contribution is 5.80. The second-order valence-electron chi connectivity index (χ2n) is 7.22. The molecule has 0 bridgehead atoms. The Morgan fingerprint density at radius 2 is 1.96 bits per heavy atom. The fourth-order valence-corrected chi connectivity index (χ4v) is 3.93. The van der Waals surface area contributed by atoms with Crippen molar-refractivity contribution < 1.29 is 4.79 Å². The van der Waals surface area contributed by atoms with Crippen LogP contribution >= 0.6 is 0 Å². The molecule has 1 unspecified atom stereocenters. The molecule has 2 fully saturated rings. The van der Waals surface area contributed by atoms with Gasteiger partial charge in [0.15, 0.2) is 5.65 Å². The van der Waals surface area contributed by atoms with Gasteiger partial charge in [0.25, 0.3) is 0 Å². The lowest BCUT2D eigenvalue weighted by atomic mass is 9.96. The van der Waals surface area contributed by atoms with Crippen LogP contribution in [0.3, 0.4) is 0 Å². The largest absolute Gasteiger partial charge is 0.369 e. The molecule has 2 aliphatic heterocycles. The summed E-state index contributed by atoms with van der Waals surface area (Å²) in [6.07, 6.45) is 9.71. The lowest BCUT2D eigenvalue weighted by Gasteiger charge is -2.33. The van der Waals surface area contributed by atoms with Gasteiger partial charge in [-0.25, -0.2) is 9.97 Å². The second-order valence-corrected chi connectivity index (χ2v) is 7.22. The highest BCUT2D eigenvalue weighted by Gasteiger charge is 2.26. The third kappa shape index (κ3) is 3.93. The Kier molecular flexibility index (Phi) is 5.24. The van der Waals surface area contributed by atoms with Gasteiger partial charge in [0, 0.05) is 38.6 Å². The number of likely N-dealkylation sites (tertiary alicyclic amines) is 1. The Balaban J connectivity index is 1.34. The maximum absolute atomic E-state index is 12.6. The molecule has 7 heteroatoms. The van der Waals surface area contributed by atoms with Gasteiger partial charge >= 0.3 is 0 Å². The number of anilines is 1. The number of nitrogens with one attached hydrogen (secondary N) is 1. The molecule has 7 nitrogen and oxygen atoms in total. The Morgan fingerprint density at radius 3 is 2.85 bits per heavy atom. The molecule has 0 aromatic carbocycles. The van der Waals surface area contributed by atoms with E-state index in [-0.39, 0.29) is 11.8 Å². The molecular weight excluding hydrogens is 328 g/mol. The number of pyridine rings is 1. The lowest BCUT2D eigenvalue weighted by molar-refractivity contribution is -0.125. The van der Waals surface area contributed by atoms with Crippen molar-refractivity contribution in [2.75, 3.05) is 44.2 Å². The summed E-state index contributed by atoms with van der Waals surface area (Å²) in [5.74, 6) is 0.224. The molecule has 0 saturated carbocycles. The molecule has 1 atom stereocenters. The van der Waals surface area contributed by atoms with Crippen LogP contribution in [0.15, 0.2) is 24.7 Å². The van der Waals surface area contributed by atoms with Crippen molar-refractivity contribution in [3.05, 3.63) is 24.7 Å². The molecule has 0 aliphatic carbocycles. The van der Waals surface area contributed by atoms with E-state index >= 15 is 0 Å². The van der Waals surface area contributed by atoms with E-state index in [0.717, 1.165) is 50.2 Å². The summed E-state index contributed by atoms with van der Waals surface area (Å²) in [6, 6.07) is 2.02. The number of rotatable bonds is 5. The predicted octanol–water partition coefficient (Wildman–Crippen LogP) is 1.45. The molecule has 0 radical (unpaired) electrons.